The van der Waals surface area contributed by atoms with Gasteiger partial charge in [-0.2, -0.15) is 19.2 Å². The van der Waals surface area contributed by atoms with Gasteiger partial charge in [0.15, 0.2) is 0 Å². The summed E-state index contributed by atoms with van der Waals surface area (Å²) in [6.07, 6.45) is -0.590. The third kappa shape index (κ3) is 2.96. The Morgan fingerprint density at radius 2 is 1.93 bits per heavy atom. The fourth-order valence-corrected chi connectivity index (χ4v) is 1.09. The summed E-state index contributed by atoms with van der Waals surface area (Å²) in [5.41, 5.74) is -0.327. The summed E-state index contributed by atoms with van der Waals surface area (Å²) >= 11 is 0. The molecule has 1 radical (unpaired) electrons. The van der Waals surface area contributed by atoms with Crippen LogP contribution in [0, 0.1) is 6.20 Å². The molecule has 0 bridgehead atoms. The van der Waals surface area contributed by atoms with Crippen LogP contribution < -0.4 is 0 Å². The van der Waals surface area contributed by atoms with Gasteiger partial charge < -0.3 is 4.90 Å². The fourth-order valence-electron chi connectivity index (χ4n) is 1.09. The smallest absolute Gasteiger partial charge is 0.396 e. The van der Waals surface area contributed by atoms with E-state index in [1.165, 1.54) is 11.9 Å². The number of alkyl halides is 3. The van der Waals surface area contributed by atoms with E-state index >= 15 is 0 Å². The molecule has 1 nitrogen and oxygen atoms in total. The number of hydrogen-bond acceptors (Lipinski definition) is 1. The summed E-state index contributed by atoms with van der Waals surface area (Å²) in [5, 5.41) is 0. The minimum absolute atomic E-state index is 0. The van der Waals surface area contributed by atoms with Gasteiger partial charge in [-0.15, -0.1) is 18.4 Å². The molecule has 1 aliphatic rings. The zero-order valence-electron chi connectivity index (χ0n) is 7.94. The zero-order valence-corrected chi connectivity index (χ0v) is 10.8. The molecule has 0 saturated carbocycles. The van der Waals surface area contributed by atoms with Gasteiger partial charge in [-0.1, -0.05) is 12.6 Å². The number of likely N-dealkylation sites (N-methyl/N-ethyl adjacent to an activating group) is 1. The van der Waals surface area contributed by atoms with Crippen LogP contribution >= 0.6 is 0 Å². The molecule has 0 aromatic rings. The van der Waals surface area contributed by atoms with E-state index in [4.69, 9.17) is 0 Å². The maximum atomic E-state index is 12.3. The molecule has 14 heavy (non-hydrogen) atoms. The fraction of sp³-hybridized carbons (Fsp3) is 0.333. The van der Waals surface area contributed by atoms with Crippen LogP contribution in [-0.4, -0.2) is 18.1 Å². The minimum Gasteiger partial charge on any atom is -0.458 e. The molecule has 0 amide bonds. The van der Waals surface area contributed by atoms with Crippen LogP contribution in [0.2, 0.25) is 0 Å². The minimum atomic E-state index is -4.34. The average Bonchev–Trinajstić information content (AvgIpc) is 1.94. The van der Waals surface area contributed by atoms with Crippen molar-refractivity contribution in [1.29, 1.82) is 0 Å². The van der Waals surface area contributed by atoms with Gasteiger partial charge in [-0.05, 0) is 12.6 Å². The Labute approximate surface area is 106 Å². The van der Waals surface area contributed by atoms with Crippen molar-refractivity contribution >= 4 is 0 Å². The number of halogens is 3. The monoisotopic (exact) mass is 277 g/mol. The van der Waals surface area contributed by atoms with Crippen molar-refractivity contribution < 1.29 is 45.9 Å². The van der Waals surface area contributed by atoms with Crippen molar-refractivity contribution in [1.82, 2.24) is 4.90 Å². The summed E-state index contributed by atoms with van der Waals surface area (Å²) in [4.78, 5) is 1.25. The summed E-state index contributed by atoms with van der Waals surface area (Å²) in [5.74, 6) is 0. The van der Waals surface area contributed by atoms with Gasteiger partial charge in [-0.25, -0.2) is 0 Å². The predicted molar refractivity (Wildman–Crippen MR) is 43.5 cm³/mol. The van der Waals surface area contributed by atoms with Crippen LogP contribution in [0.1, 0.15) is 6.92 Å². The van der Waals surface area contributed by atoms with Crippen LogP contribution in [-0.2, 0) is 32.7 Å². The maximum Gasteiger partial charge on any atom is 0.396 e. The summed E-state index contributed by atoms with van der Waals surface area (Å²) in [7, 11) is 1.49. The Bertz CT molecular complexity index is 302. The summed E-state index contributed by atoms with van der Waals surface area (Å²) in [6, 6.07) is 0. The van der Waals surface area contributed by atoms with Crippen molar-refractivity contribution in [3.8, 4) is 0 Å². The Hall–Kier alpha value is -0.0861. The number of rotatable bonds is 0. The molecule has 75 valence electrons. The predicted octanol–water partition coefficient (Wildman–Crippen LogP) is 2.64. The second-order valence-electron chi connectivity index (χ2n) is 2.86. The van der Waals surface area contributed by atoms with E-state index in [1.54, 1.807) is 6.92 Å². The number of allylic oxidation sites excluding steroid dienone is 3. The van der Waals surface area contributed by atoms with Gasteiger partial charge in [-0.3, -0.25) is 0 Å². The van der Waals surface area contributed by atoms with Crippen LogP contribution in [0.4, 0.5) is 13.2 Å². The molecule has 1 aliphatic heterocycles. The van der Waals surface area contributed by atoms with E-state index in [1.807, 2.05) is 0 Å². The van der Waals surface area contributed by atoms with Crippen LogP contribution in [0.15, 0.2) is 29.5 Å². The van der Waals surface area contributed by atoms with E-state index < -0.39 is 11.7 Å². The van der Waals surface area contributed by atoms with Crippen molar-refractivity contribution in [3.63, 3.8) is 0 Å². The molecule has 0 aliphatic carbocycles. The summed E-state index contributed by atoms with van der Waals surface area (Å²) < 4.78 is 37.0. The molecule has 0 unspecified atom stereocenters. The molecule has 0 fully saturated rings. The van der Waals surface area contributed by atoms with E-state index in [2.05, 4.69) is 12.8 Å². The normalized spacial score (nSPS) is 17.2. The molecular formula is C9H9F3NY-. The first-order valence-electron chi connectivity index (χ1n) is 3.64. The molecule has 0 aromatic carbocycles. The van der Waals surface area contributed by atoms with Crippen LogP contribution in [0.5, 0.6) is 0 Å². The van der Waals surface area contributed by atoms with Gasteiger partial charge in [0.25, 0.3) is 0 Å². The van der Waals surface area contributed by atoms with Gasteiger partial charge in [0, 0.05) is 32.7 Å². The van der Waals surface area contributed by atoms with Crippen molar-refractivity contribution in [3.05, 3.63) is 35.7 Å². The molecule has 0 N–H and O–H groups in total. The number of hydrogen-bond donors (Lipinski definition) is 0. The van der Waals surface area contributed by atoms with Crippen molar-refractivity contribution in [2.45, 2.75) is 13.1 Å². The standard InChI is InChI=1S/C9H9F3N.Y/c1-6-4-8(9(10,11)12)7(2)13(3)5-6;/h4H,2H2,1,3H3;/q-1;. The average molecular weight is 277 g/mol. The molecule has 1 heterocycles. The Kier molecular flexibility index (Phi) is 4.59. The summed E-state index contributed by atoms with van der Waals surface area (Å²) in [6.45, 7) is 4.90. The van der Waals surface area contributed by atoms with E-state index in [0.717, 1.165) is 6.08 Å². The topological polar surface area (TPSA) is 3.24 Å². The molecule has 1 rings (SSSR count). The van der Waals surface area contributed by atoms with Gasteiger partial charge in [0.1, 0.15) is 0 Å². The van der Waals surface area contributed by atoms with Crippen molar-refractivity contribution in [2.75, 3.05) is 7.05 Å². The number of nitrogens with zero attached hydrogens (tertiary/aromatic N) is 1. The molecule has 0 saturated heterocycles. The molecule has 0 spiro atoms. The maximum absolute atomic E-state index is 12.3. The first kappa shape index (κ1) is 13.9. The van der Waals surface area contributed by atoms with Crippen LogP contribution in [0.25, 0.3) is 0 Å². The largest absolute Gasteiger partial charge is 0.458 e. The Morgan fingerprint density at radius 3 is 2.36 bits per heavy atom. The Balaban J connectivity index is 0.00000169. The zero-order chi connectivity index (χ0) is 10.2. The van der Waals surface area contributed by atoms with E-state index in [0.29, 0.717) is 5.57 Å². The van der Waals surface area contributed by atoms with Gasteiger partial charge in [0.2, 0.25) is 0 Å². The Morgan fingerprint density at radius 1 is 1.43 bits per heavy atom. The van der Waals surface area contributed by atoms with E-state index in [9.17, 15) is 13.2 Å². The van der Waals surface area contributed by atoms with Gasteiger partial charge in [0.05, 0.1) is 0 Å². The SMILES string of the molecule is C=C1C(C(F)(F)F)=CC(C)=[C-]N1C.[Y]. The van der Waals surface area contributed by atoms with Gasteiger partial charge >= 0.3 is 6.18 Å². The van der Waals surface area contributed by atoms with Crippen LogP contribution in [0.3, 0.4) is 0 Å². The first-order valence-corrected chi connectivity index (χ1v) is 3.64. The second-order valence-corrected chi connectivity index (χ2v) is 2.86. The third-order valence-electron chi connectivity index (χ3n) is 1.73. The third-order valence-corrected chi connectivity index (χ3v) is 1.73. The van der Waals surface area contributed by atoms with Crippen molar-refractivity contribution in [2.24, 2.45) is 0 Å². The molecule has 5 heteroatoms. The first-order chi connectivity index (χ1) is 5.82. The van der Waals surface area contributed by atoms with E-state index in [-0.39, 0.29) is 38.4 Å². The second kappa shape index (κ2) is 4.62. The molecule has 0 aromatic heterocycles. The molecular weight excluding hydrogens is 268 g/mol. The molecule has 0 atom stereocenters. The quantitative estimate of drug-likeness (QED) is 0.615.